The Morgan fingerprint density at radius 1 is 0.914 bits per heavy atom. The lowest BCUT2D eigenvalue weighted by Crippen LogP contribution is -2.52. The number of hydrogen-bond acceptors (Lipinski definition) is 13. The molecule has 3 amide bonds. The van der Waals surface area contributed by atoms with Gasteiger partial charge in [0.2, 0.25) is 11.8 Å². The number of hydrogen-bond donors (Lipinski definition) is 4. The van der Waals surface area contributed by atoms with Gasteiger partial charge in [0.15, 0.2) is 33.6 Å². The van der Waals surface area contributed by atoms with Crippen molar-refractivity contribution < 1.29 is 23.9 Å². The highest BCUT2D eigenvalue weighted by molar-refractivity contribution is 7.99. The first-order chi connectivity index (χ1) is 34.0. The Balaban J connectivity index is 0.721. The summed E-state index contributed by atoms with van der Waals surface area (Å²) in [7, 11) is 0. The molecule has 0 saturated carbocycles. The van der Waals surface area contributed by atoms with E-state index in [4.69, 9.17) is 31.8 Å². The van der Waals surface area contributed by atoms with Crippen LogP contribution in [0.25, 0.3) is 11.2 Å². The van der Waals surface area contributed by atoms with Crippen LogP contribution in [-0.2, 0) is 20.9 Å². The van der Waals surface area contributed by atoms with E-state index in [0.29, 0.717) is 103 Å². The Kier molecular flexibility index (Phi) is 16.8. The maximum atomic E-state index is 13.7. The van der Waals surface area contributed by atoms with Crippen LogP contribution in [0, 0.1) is 35.5 Å². The number of piperidine rings is 2. The number of benzene rings is 3. The molecule has 18 heteroatoms. The van der Waals surface area contributed by atoms with E-state index in [1.165, 1.54) is 0 Å². The summed E-state index contributed by atoms with van der Waals surface area (Å²) in [5, 5.41) is 19.2. The van der Waals surface area contributed by atoms with E-state index < -0.39 is 5.79 Å². The fraction of sp³-hybridized carbons (Fsp3) is 0.442. The van der Waals surface area contributed by atoms with Gasteiger partial charge in [0.1, 0.15) is 0 Å². The first kappa shape index (κ1) is 50.0. The number of likely N-dealkylation sites (tertiary alicyclic amines) is 2. The van der Waals surface area contributed by atoms with Crippen LogP contribution in [0.1, 0.15) is 81.0 Å². The zero-order valence-electron chi connectivity index (χ0n) is 39.9. The molecule has 366 valence electrons. The largest absolute Gasteiger partial charge is 0.448 e. The van der Waals surface area contributed by atoms with E-state index in [-0.39, 0.29) is 42.0 Å². The van der Waals surface area contributed by atoms with Crippen LogP contribution in [-0.4, -0.2) is 123 Å². The molecule has 3 aromatic carbocycles. The molecule has 3 aliphatic rings. The molecule has 1 spiro atoms. The van der Waals surface area contributed by atoms with E-state index in [1.807, 2.05) is 65.6 Å². The molecule has 0 radical (unpaired) electrons. The number of thioether (sulfide) groups is 1. The average Bonchev–Trinajstić information content (AvgIpc) is 3.94. The first-order valence-corrected chi connectivity index (χ1v) is 25.5. The molecule has 0 aliphatic carbocycles. The SMILES string of the molecule is CCCSc1nc(NCCN)c2nnn(Cc3ccc(C#CCNC(=O)C4CCN(CCNC(=O)C#Cc5ccc6c(c5)OC5(CCN(C(=O)[C@H](c7ccc(Cl)cc7)C(C)C)CC5)O6)CC4)cc3)c2n1. The number of nitrogens with one attached hydrogen (secondary N) is 3. The Morgan fingerprint density at radius 3 is 2.39 bits per heavy atom. The van der Waals surface area contributed by atoms with Gasteiger partial charge in [0, 0.05) is 85.9 Å². The summed E-state index contributed by atoms with van der Waals surface area (Å²) >= 11 is 7.71. The standard InChI is InChI=1S/C52H60ClN11O5S/c1-4-32-70-51-58-47(56-25-23-54)46-48(59-51)64(61-60-46)34-38-9-7-36(8-10-38)6-5-24-57-49(66)40-19-27-62(28-20-40)31-26-55-44(65)18-12-37-11-17-42-43(33-37)69-52(68-42)21-29-63(30-22-52)50(67)45(35(2)3)39-13-15-41(53)16-14-39/h7-11,13-17,33,35,40,45H,4,19-32,34,54H2,1-3H3,(H,55,65)(H,57,66)(H,56,58,59)/t45-/m0/s1. The number of aromatic nitrogens is 5. The second-order valence-corrected chi connectivity index (χ2v) is 19.5. The molecule has 1 atom stereocenters. The molecule has 3 aliphatic heterocycles. The van der Waals surface area contributed by atoms with Crippen LogP contribution in [0.2, 0.25) is 5.02 Å². The Bertz CT molecular complexity index is 2770. The highest BCUT2D eigenvalue weighted by Gasteiger charge is 2.46. The molecule has 5 aromatic rings. The molecule has 2 fully saturated rings. The zero-order valence-corrected chi connectivity index (χ0v) is 41.5. The number of carbonyl (C=O) groups is 3. The third-order valence-corrected chi connectivity index (χ3v) is 13.9. The fourth-order valence-corrected chi connectivity index (χ4v) is 9.66. The van der Waals surface area contributed by atoms with E-state index in [2.05, 4.69) is 80.6 Å². The molecular weight excluding hydrogens is 926 g/mol. The van der Waals surface area contributed by atoms with Crippen LogP contribution in [0.3, 0.4) is 0 Å². The predicted molar refractivity (Wildman–Crippen MR) is 271 cm³/mol. The van der Waals surface area contributed by atoms with Crippen LogP contribution in [0.4, 0.5) is 5.82 Å². The highest BCUT2D eigenvalue weighted by Crippen LogP contribution is 2.44. The Labute approximate surface area is 418 Å². The van der Waals surface area contributed by atoms with Crippen molar-refractivity contribution in [1.29, 1.82) is 0 Å². The Morgan fingerprint density at radius 2 is 1.66 bits per heavy atom. The van der Waals surface area contributed by atoms with Gasteiger partial charge >= 0.3 is 0 Å². The summed E-state index contributed by atoms with van der Waals surface area (Å²) in [6, 6.07) is 20.9. The summed E-state index contributed by atoms with van der Waals surface area (Å²) in [5.41, 5.74) is 10.5. The van der Waals surface area contributed by atoms with Gasteiger partial charge in [-0.2, -0.15) is 0 Å². The maximum Gasteiger partial charge on any atom is 0.296 e. The smallest absolute Gasteiger partial charge is 0.296 e. The number of amides is 3. The summed E-state index contributed by atoms with van der Waals surface area (Å²) in [5.74, 6) is 13.3. The van der Waals surface area contributed by atoms with Gasteiger partial charge in [-0.1, -0.05) is 91.4 Å². The number of anilines is 1. The molecule has 8 rings (SSSR count). The lowest BCUT2D eigenvalue weighted by Gasteiger charge is -2.39. The molecule has 5 N–H and O–H groups in total. The summed E-state index contributed by atoms with van der Waals surface area (Å²) < 4.78 is 14.5. The lowest BCUT2D eigenvalue weighted by molar-refractivity contribution is -0.148. The molecule has 70 heavy (non-hydrogen) atoms. The number of halogens is 1. The number of nitrogens with two attached hydrogens (primary N) is 1. The number of nitrogens with zero attached hydrogens (tertiary/aromatic N) is 7. The fourth-order valence-electron chi connectivity index (χ4n) is 8.85. The van der Waals surface area contributed by atoms with Crippen molar-refractivity contribution >= 4 is 58.1 Å². The third kappa shape index (κ3) is 12.7. The van der Waals surface area contributed by atoms with Crippen molar-refractivity contribution in [3.8, 4) is 35.2 Å². The minimum absolute atomic E-state index is 0.0101. The first-order valence-electron chi connectivity index (χ1n) is 24.1. The quantitative estimate of drug-likeness (QED) is 0.0537. The summed E-state index contributed by atoms with van der Waals surface area (Å²) in [6.07, 6.45) is 3.53. The van der Waals surface area contributed by atoms with Crippen molar-refractivity contribution in [2.24, 2.45) is 17.6 Å². The topological polar surface area (TPSA) is 195 Å². The van der Waals surface area contributed by atoms with E-state index in [1.54, 1.807) is 22.5 Å². The van der Waals surface area contributed by atoms with Crippen molar-refractivity contribution in [3.63, 3.8) is 0 Å². The van der Waals surface area contributed by atoms with E-state index in [0.717, 1.165) is 54.8 Å². The number of fused-ring (bicyclic) bond motifs is 2. The highest BCUT2D eigenvalue weighted by atomic mass is 35.5. The second kappa shape index (κ2) is 23.5. The van der Waals surface area contributed by atoms with Gasteiger partial charge in [-0.15, -0.1) is 5.10 Å². The molecular formula is C52H60ClN11O5S. The average molecular weight is 987 g/mol. The molecule has 16 nitrogen and oxygen atoms in total. The summed E-state index contributed by atoms with van der Waals surface area (Å²) in [4.78, 5) is 52.9. The van der Waals surface area contributed by atoms with Crippen molar-refractivity contribution in [2.75, 3.05) is 70.0 Å². The molecule has 0 bridgehead atoms. The minimum Gasteiger partial charge on any atom is -0.448 e. The van der Waals surface area contributed by atoms with Crippen molar-refractivity contribution in [2.45, 2.75) is 76.3 Å². The molecule has 2 saturated heterocycles. The van der Waals surface area contributed by atoms with Crippen LogP contribution in [0.5, 0.6) is 11.5 Å². The van der Waals surface area contributed by atoms with Gasteiger partial charge in [0.25, 0.3) is 11.7 Å². The zero-order chi connectivity index (χ0) is 49.0. The summed E-state index contributed by atoms with van der Waals surface area (Å²) in [6.45, 7) is 11.7. The number of ether oxygens (including phenoxy) is 2. The van der Waals surface area contributed by atoms with E-state index in [9.17, 15) is 14.4 Å². The number of rotatable bonds is 16. The molecule has 0 unspecified atom stereocenters. The van der Waals surface area contributed by atoms with Crippen LogP contribution in [0.15, 0.2) is 71.9 Å². The third-order valence-electron chi connectivity index (χ3n) is 12.6. The second-order valence-electron chi connectivity index (χ2n) is 18.1. The van der Waals surface area contributed by atoms with Gasteiger partial charge < -0.3 is 41.0 Å². The van der Waals surface area contributed by atoms with Gasteiger partial charge in [0.05, 0.1) is 19.0 Å². The van der Waals surface area contributed by atoms with Crippen molar-refractivity contribution in [3.05, 3.63) is 94.0 Å². The maximum absolute atomic E-state index is 13.7. The van der Waals surface area contributed by atoms with Crippen LogP contribution >= 0.6 is 23.4 Å². The van der Waals surface area contributed by atoms with Gasteiger partial charge in [-0.05, 0) is 91.9 Å². The lowest BCUT2D eigenvalue weighted by atomic mass is 9.86. The van der Waals surface area contributed by atoms with E-state index >= 15 is 0 Å². The minimum atomic E-state index is -0.846. The monoisotopic (exact) mass is 985 g/mol. The molecule has 2 aromatic heterocycles. The Hall–Kier alpha value is -6.37. The molecule has 5 heterocycles. The number of carbonyl (C=O) groups excluding carboxylic acids is 3. The normalized spacial score (nSPS) is 15.8. The van der Waals surface area contributed by atoms with Gasteiger partial charge in [-0.25, -0.2) is 14.6 Å². The predicted octanol–water partition coefficient (Wildman–Crippen LogP) is 5.67. The van der Waals surface area contributed by atoms with Crippen LogP contribution < -0.4 is 31.2 Å². The van der Waals surface area contributed by atoms with Gasteiger partial charge in [-0.3, -0.25) is 14.4 Å². The van der Waals surface area contributed by atoms with Crippen molar-refractivity contribution in [1.82, 2.24) is 45.4 Å².